The maximum Gasteiger partial charge on any atom is 0.433 e. The first kappa shape index (κ1) is 15.7. The molecule has 1 aromatic heterocycles. The third-order valence-electron chi connectivity index (χ3n) is 4.40. The molecule has 3 nitrogen and oxygen atoms in total. The molecule has 1 aliphatic rings. The SMILES string of the molecule is CC1C(=O)[N+](C)(Cc2ccccc2)c2cc(C(F)(F)F)ncc21. The molecule has 23 heavy (non-hydrogen) atoms. The molecular weight excluding hydrogens is 305 g/mol. The van der Waals surface area contributed by atoms with Crippen molar-refractivity contribution in [1.29, 1.82) is 0 Å². The van der Waals surface area contributed by atoms with Gasteiger partial charge in [-0.25, -0.2) is 9.28 Å². The summed E-state index contributed by atoms with van der Waals surface area (Å²) in [6.07, 6.45) is -3.34. The molecule has 0 saturated carbocycles. The molecule has 1 aromatic carbocycles. The second kappa shape index (κ2) is 5.16. The number of carbonyl (C=O) groups is 1. The van der Waals surface area contributed by atoms with Gasteiger partial charge in [0.05, 0.1) is 7.05 Å². The van der Waals surface area contributed by atoms with E-state index in [4.69, 9.17) is 0 Å². The molecule has 120 valence electrons. The Labute approximate surface area is 132 Å². The van der Waals surface area contributed by atoms with Crippen LogP contribution in [0.5, 0.6) is 0 Å². The summed E-state index contributed by atoms with van der Waals surface area (Å²) in [4.78, 5) is 16.2. The molecule has 3 rings (SSSR count). The Morgan fingerprint density at radius 2 is 1.87 bits per heavy atom. The zero-order valence-corrected chi connectivity index (χ0v) is 12.8. The lowest BCUT2D eigenvalue weighted by molar-refractivity contribution is -0.141. The van der Waals surface area contributed by atoms with Gasteiger partial charge in [0.1, 0.15) is 23.8 Å². The van der Waals surface area contributed by atoms with Crippen molar-refractivity contribution in [3.8, 4) is 0 Å². The van der Waals surface area contributed by atoms with Crippen LogP contribution in [0.3, 0.4) is 0 Å². The van der Waals surface area contributed by atoms with Crippen LogP contribution in [0.25, 0.3) is 0 Å². The zero-order chi connectivity index (χ0) is 16.8. The van der Waals surface area contributed by atoms with Crippen LogP contribution in [0.4, 0.5) is 18.9 Å². The molecule has 0 aliphatic carbocycles. The van der Waals surface area contributed by atoms with Gasteiger partial charge in [0.15, 0.2) is 0 Å². The lowest BCUT2D eigenvalue weighted by atomic mass is 10.1. The highest BCUT2D eigenvalue weighted by molar-refractivity contribution is 5.99. The molecule has 2 unspecified atom stereocenters. The van der Waals surface area contributed by atoms with Gasteiger partial charge in [-0.3, -0.25) is 4.98 Å². The van der Waals surface area contributed by atoms with Gasteiger partial charge >= 0.3 is 12.1 Å². The standard InChI is InChI=1S/C17H16F3N2O/c1-11-13-9-21-15(17(18,19)20)8-14(13)22(2,16(11)23)10-12-6-4-3-5-7-12/h3-9,11H,10H2,1-2H3/q+1. The van der Waals surface area contributed by atoms with Gasteiger partial charge in [-0.1, -0.05) is 30.3 Å². The fraction of sp³-hybridized carbons (Fsp3) is 0.294. The third kappa shape index (κ3) is 2.53. The number of alkyl halides is 3. The fourth-order valence-electron chi connectivity index (χ4n) is 3.16. The Balaban J connectivity index is 2.11. The smallest absolute Gasteiger partial charge is 0.251 e. The highest BCUT2D eigenvalue weighted by Gasteiger charge is 2.50. The van der Waals surface area contributed by atoms with E-state index in [9.17, 15) is 18.0 Å². The summed E-state index contributed by atoms with van der Waals surface area (Å²) in [5.41, 5.74) is 0.888. The number of pyridine rings is 1. The summed E-state index contributed by atoms with van der Waals surface area (Å²) in [6.45, 7) is 2.03. The number of fused-ring (bicyclic) bond motifs is 1. The number of quaternary nitrogens is 1. The number of likely N-dealkylation sites (N-methyl/N-ethyl adjacent to an activating group) is 1. The highest BCUT2D eigenvalue weighted by atomic mass is 19.4. The molecule has 2 atom stereocenters. The minimum absolute atomic E-state index is 0.120. The Hall–Kier alpha value is -2.21. The number of benzene rings is 1. The topological polar surface area (TPSA) is 30.0 Å². The molecule has 2 aromatic rings. The highest BCUT2D eigenvalue weighted by Crippen LogP contribution is 2.44. The van der Waals surface area contributed by atoms with E-state index in [-0.39, 0.29) is 10.4 Å². The predicted octanol–water partition coefficient (Wildman–Crippen LogP) is 3.88. The van der Waals surface area contributed by atoms with Crippen molar-refractivity contribution < 1.29 is 18.0 Å². The Bertz CT molecular complexity index is 758. The molecule has 0 fully saturated rings. The van der Waals surface area contributed by atoms with E-state index in [1.54, 1.807) is 14.0 Å². The molecule has 0 N–H and O–H groups in total. The summed E-state index contributed by atoms with van der Waals surface area (Å²) in [6, 6.07) is 10.3. The van der Waals surface area contributed by atoms with E-state index in [2.05, 4.69) is 4.98 Å². The molecule has 1 aliphatic heterocycles. The molecule has 0 spiro atoms. The van der Waals surface area contributed by atoms with Crippen LogP contribution in [0.2, 0.25) is 0 Å². The van der Waals surface area contributed by atoms with E-state index < -0.39 is 17.8 Å². The molecule has 0 saturated heterocycles. The van der Waals surface area contributed by atoms with Crippen LogP contribution < -0.4 is 4.48 Å². The largest absolute Gasteiger partial charge is 0.433 e. The summed E-state index contributed by atoms with van der Waals surface area (Å²) < 4.78 is 38.8. The maximum atomic E-state index is 13.0. The van der Waals surface area contributed by atoms with E-state index in [0.29, 0.717) is 17.8 Å². The number of carbonyl (C=O) groups excluding carboxylic acids is 1. The molecule has 6 heteroatoms. The molecular formula is C17H16F3N2O+. The van der Waals surface area contributed by atoms with Gasteiger partial charge in [-0.2, -0.15) is 13.2 Å². The van der Waals surface area contributed by atoms with Crippen LogP contribution in [0.1, 0.15) is 29.7 Å². The van der Waals surface area contributed by atoms with Crippen LogP contribution in [-0.2, 0) is 17.5 Å². The van der Waals surface area contributed by atoms with Crippen molar-refractivity contribution in [1.82, 2.24) is 9.47 Å². The van der Waals surface area contributed by atoms with Gasteiger partial charge in [0.25, 0.3) is 0 Å². The zero-order valence-electron chi connectivity index (χ0n) is 12.8. The lowest BCUT2D eigenvalue weighted by Gasteiger charge is -2.27. The van der Waals surface area contributed by atoms with Crippen LogP contribution >= 0.6 is 0 Å². The number of hydrogen-bond acceptors (Lipinski definition) is 2. The molecule has 0 bridgehead atoms. The van der Waals surface area contributed by atoms with Crippen molar-refractivity contribution >= 4 is 11.6 Å². The number of halogens is 3. The van der Waals surface area contributed by atoms with Crippen molar-refractivity contribution in [3.05, 3.63) is 59.4 Å². The van der Waals surface area contributed by atoms with Crippen molar-refractivity contribution in [2.75, 3.05) is 7.05 Å². The van der Waals surface area contributed by atoms with Crippen molar-refractivity contribution in [2.45, 2.75) is 25.6 Å². The summed E-state index contributed by atoms with van der Waals surface area (Å²) in [5.74, 6) is -0.585. The summed E-state index contributed by atoms with van der Waals surface area (Å²) >= 11 is 0. The second-order valence-electron chi connectivity index (χ2n) is 6.02. The van der Waals surface area contributed by atoms with Crippen LogP contribution in [0, 0.1) is 0 Å². The quantitative estimate of drug-likeness (QED) is 0.786. The van der Waals surface area contributed by atoms with E-state index in [1.807, 2.05) is 30.3 Å². The lowest BCUT2D eigenvalue weighted by Crippen LogP contribution is -2.47. The maximum absolute atomic E-state index is 13.0. The van der Waals surface area contributed by atoms with Gasteiger partial charge < -0.3 is 0 Å². The van der Waals surface area contributed by atoms with Gasteiger partial charge in [-0.15, -0.1) is 0 Å². The third-order valence-corrected chi connectivity index (χ3v) is 4.40. The minimum atomic E-state index is -4.53. The number of aromatic nitrogens is 1. The Morgan fingerprint density at radius 1 is 1.22 bits per heavy atom. The van der Waals surface area contributed by atoms with E-state index in [1.165, 1.54) is 6.20 Å². The first-order chi connectivity index (χ1) is 10.7. The van der Waals surface area contributed by atoms with E-state index >= 15 is 0 Å². The fourth-order valence-corrected chi connectivity index (χ4v) is 3.16. The van der Waals surface area contributed by atoms with Crippen LogP contribution in [-0.4, -0.2) is 17.9 Å². The summed E-state index contributed by atoms with van der Waals surface area (Å²) in [5, 5.41) is 0. The van der Waals surface area contributed by atoms with Crippen molar-refractivity contribution in [2.24, 2.45) is 0 Å². The van der Waals surface area contributed by atoms with Gasteiger partial charge in [-0.05, 0) is 6.92 Å². The molecule has 1 amide bonds. The number of rotatable bonds is 2. The van der Waals surface area contributed by atoms with Gasteiger partial charge in [0.2, 0.25) is 0 Å². The van der Waals surface area contributed by atoms with Gasteiger partial charge in [0, 0.05) is 23.4 Å². The number of nitrogens with zero attached hydrogens (tertiary/aromatic N) is 2. The molecule has 2 heterocycles. The predicted molar refractivity (Wildman–Crippen MR) is 80.5 cm³/mol. The average Bonchev–Trinajstić information content (AvgIpc) is 2.69. The first-order valence-corrected chi connectivity index (χ1v) is 7.25. The Morgan fingerprint density at radius 3 is 2.48 bits per heavy atom. The normalized spacial score (nSPS) is 23.9. The second-order valence-corrected chi connectivity index (χ2v) is 6.02. The monoisotopic (exact) mass is 321 g/mol. The minimum Gasteiger partial charge on any atom is -0.251 e. The Kier molecular flexibility index (Phi) is 3.52. The van der Waals surface area contributed by atoms with E-state index in [0.717, 1.165) is 11.6 Å². The van der Waals surface area contributed by atoms with Crippen molar-refractivity contribution in [3.63, 3.8) is 0 Å². The number of amides is 1. The summed E-state index contributed by atoms with van der Waals surface area (Å²) in [7, 11) is 1.66. The average molecular weight is 321 g/mol. The number of hydrogen-bond donors (Lipinski definition) is 0. The molecule has 0 radical (unpaired) electrons. The first-order valence-electron chi connectivity index (χ1n) is 7.25. The van der Waals surface area contributed by atoms with Crippen LogP contribution in [0.15, 0.2) is 42.6 Å².